The lowest BCUT2D eigenvalue weighted by Crippen LogP contribution is -2.54. The van der Waals surface area contributed by atoms with Crippen molar-refractivity contribution in [3.63, 3.8) is 0 Å². The molecule has 11 N–H and O–H groups in total. The Balaban J connectivity index is 1.36. The van der Waals surface area contributed by atoms with Gasteiger partial charge in [0.05, 0.1) is 5.56 Å². The summed E-state index contributed by atoms with van der Waals surface area (Å²) in [5.74, 6) is 0.629. The first kappa shape index (κ1) is 27.8. The van der Waals surface area contributed by atoms with Crippen LogP contribution in [0, 0.1) is 0 Å². The highest BCUT2D eigenvalue weighted by molar-refractivity contribution is 6.31. The molecule has 2 fully saturated rings. The van der Waals surface area contributed by atoms with Gasteiger partial charge in [-0.3, -0.25) is 4.79 Å². The number of aromatic nitrogens is 3. The van der Waals surface area contributed by atoms with Crippen LogP contribution in [-0.4, -0.2) is 76.3 Å². The van der Waals surface area contributed by atoms with Gasteiger partial charge < -0.3 is 48.5 Å². The maximum absolute atomic E-state index is 12.6. The van der Waals surface area contributed by atoms with E-state index in [2.05, 4.69) is 20.6 Å². The highest BCUT2D eigenvalue weighted by atomic mass is 35.5. The van der Waals surface area contributed by atoms with Gasteiger partial charge in [-0.25, -0.2) is 0 Å². The number of anilines is 5. The number of aromatic hydroxyl groups is 1. The number of piperidine rings is 2. The lowest BCUT2D eigenvalue weighted by molar-refractivity contribution is 0.102. The van der Waals surface area contributed by atoms with Crippen molar-refractivity contribution in [1.29, 1.82) is 0 Å². The Hall–Kier alpha value is -3.75. The molecule has 14 heteroatoms. The van der Waals surface area contributed by atoms with Gasteiger partial charge >= 0.3 is 0 Å². The maximum Gasteiger partial charge on any atom is 0.259 e. The molecule has 0 unspecified atom stereocenters. The van der Waals surface area contributed by atoms with E-state index in [1.165, 1.54) is 18.2 Å². The predicted molar refractivity (Wildman–Crippen MR) is 156 cm³/mol. The van der Waals surface area contributed by atoms with Crippen molar-refractivity contribution in [1.82, 2.24) is 15.0 Å². The summed E-state index contributed by atoms with van der Waals surface area (Å²) in [6.45, 7) is 2.30. The Morgan fingerprint density at radius 1 is 0.800 bits per heavy atom. The number of carbonyl (C=O) groups is 1. The molecule has 5 rings (SSSR count). The van der Waals surface area contributed by atoms with E-state index in [0.29, 0.717) is 60.4 Å². The lowest BCUT2D eigenvalue weighted by atomic mass is 10.0. The van der Waals surface area contributed by atoms with E-state index in [1.54, 1.807) is 24.3 Å². The van der Waals surface area contributed by atoms with Gasteiger partial charge in [0.2, 0.25) is 17.8 Å². The molecule has 212 valence electrons. The molecular formula is C26H34ClN11O2. The molecular weight excluding hydrogens is 534 g/mol. The van der Waals surface area contributed by atoms with Crippen molar-refractivity contribution < 1.29 is 9.90 Å². The molecule has 0 radical (unpaired) electrons. The molecule has 4 atom stereocenters. The number of phenolic OH excluding ortho intramolecular Hbond substituents is 1. The molecule has 3 heterocycles. The van der Waals surface area contributed by atoms with Crippen molar-refractivity contribution in [3.8, 4) is 5.75 Å². The van der Waals surface area contributed by atoms with Crippen LogP contribution in [0.25, 0.3) is 0 Å². The van der Waals surface area contributed by atoms with Gasteiger partial charge in [0.1, 0.15) is 5.75 Å². The summed E-state index contributed by atoms with van der Waals surface area (Å²) in [6, 6.07) is 10.9. The van der Waals surface area contributed by atoms with E-state index in [-0.39, 0.29) is 35.5 Å². The SMILES string of the molecule is N[C@@H]1C[C@@H](N)CN(c2nc(Nc3ccc(NC(=O)c4cc(Cl)ccc4O)cc3)nc(N3C[C@H](N)C[C@H](N)C3)n2)C1. The number of nitrogens with zero attached hydrogens (tertiary/aromatic N) is 5. The number of nitrogens with two attached hydrogens (primary N) is 4. The number of rotatable bonds is 6. The zero-order valence-corrected chi connectivity index (χ0v) is 22.6. The number of nitrogens with one attached hydrogen (secondary N) is 2. The van der Waals surface area contributed by atoms with Crippen molar-refractivity contribution >= 4 is 46.7 Å². The molecule has 1 aromatic heterocycles. The Bertz CT molecular complexity index is 1290. The highest BCUT2D eigenvalue weighted by Crippen LogP contribution is 2.26. The largest absolute Gasteiger partial charge is 0.507 e. The normalized spacial score (nSPS) is 23.1. The Morgan fingerprint density at radius 2 is 1.30 bits per heavy atom. The van der Waals surface area contributed by atoms with Gasteiger partial charge in [-0.15, -0.1) is 0 Å². The van der Waals surface area contributed by atoms with E-state index in [0.717, 1.165) is 12.8 Å². The highest BCUT2D eigenvalue weighted by Gasteiger charge is 2.28. The topological polar surface area (TPSA) is 211 Å². The molecule has 0 spiro atoms. The molecule has 0 aliphatic carbocycles. The third kappa shape index (κ3) is 6.69. The standard InChI is InChI=1S/C26H34ClN11O2/c27-14-1-6-22(39)21(7-14)23(40)32-19-2-4-20(5-3-19)33-24-34-25(37-10-15(28)8-16(29)11-37)36-26(35-24)38-12-17(30)9-18(31)13-38/h1-7,15-18,39H,8-13,28-31H2,(H,32,40)(H,33,34,35,36)/t15-,16-,17-,18+/m1/s1. The van der Waals surface area contributed by atoms with Crippen LogP contribution in [0.2, 0.25) is 5.02 Å². The van der Waals surface area contributed by atoms with Crippen molar-refractivity contribution in [2.45, 2.75) is 37.0 Å². The summed E-state index contributed by atoms with van der Waals surface area (Å²) < 4.78 is 0. The Morgan fingerprint density at radius 3 is 1.82 bits per heavy atom. The van der Waals surface area contributed by atoms with Gasteiger partial charge in [0.15, 0.2) is 0 Å². The van der Waals surface area contributed by atoms with Crippen LogP contribution in [0.3, 0.4) is 0 Å². The quantitative estimate of drug-likeness (QED) is 0.222. The fourth-order valence-electron chi connectivity index (χ4n) is 5.03. The molecule has 2 aliphatic heterocycles. The maximum atomic E-state index is 12.6. The van der Waals surface area contributed by atoms with Gasteiger partial charge in [0, 0.05) is 66.7 Å². The fraction of sp³-hybridized carbons (Fsp3) is 0.385. The first-order chi connectivity index (χ1) is 19.1. The molecule has 40 heavy (non-hydrogen) atoms. The monoisotopic (exact) mass is 567 g/mol. The second-order valence-electron chi connectivity index (χ2n) is 10.4. The number of halogens is 1. The first-order valence-electron chi connectivity index (χ1n) is 13.1. The molecule has 1 amide bonds. The summed E-state index contributed by atoms with van der Waals surface area (Å²) >= 11 is 5.96. The summed E-state index contributed by atoms with van der Waals surface area (Å²) in [7, 11) is 0. The van der Waals surface area contributed by atoms with Crippen LogP contribution in [0.5, 0.6) is 5.75 Å². The number of benzene rings is 2. The molecule has 2 aromatic carbocycles. The fourth-order valence-corrected chi connectivity index (χ4v) is 5.20. The smallest absolute Gasteiger partial charge is 0.259 e. The van der Waals surface area contributed by atoms with Gasteiger partial charge in [-0.2, -0.15) is 15.0 Å². The van der Waals surface area contributed by atoms with Gasteiger partial charge in [0.25, 0.3) is 5.91 Å². The van der Waals surface area contributed by atoms with E-state index in [9.17, 15) is 9.90 Å². The Labute approximate surface area is 236 Å². The van der Waals surface area contributed by atoms with Crippen LogP contribution in [0.4, 0.5) is 29.2 Å². The van der Waals surface area contributed by atoms with E-state index in [4.69, 9.17) is 39.5 Å². The molecule has 2 saturated heterocycles. The minimum atomic E-state index is -0.483. The van der Waals surface area contributed by atoms with Crippen LogP contribution in [0.15, 0.2) is 42.5 Å². The van der Waals surface area contributed by atoms with Crippen molar-refractivity contribution in [2.75, 3.05) is 46.6 Å². The summed E-state index contributed by atoms with van der Waals surface area (Å²) in [5.41, 5.74) is 26.2. The van der Waals surface area contributed by atoms with E-state index < -0.39 is 5.91 Å². The minimum absolute atomic E-state index is 0.0780. The molecule has 0 bridgehead atoms. The van der Waals surface area contributed by atoms with Crippen LogP contribution < -0.4 is 43.4 Å². The van der Waals surface area contributed by atoms with Gasteiger partial charge in [-0.1, -0.05) is 11.6 Å². The number of hydrogen-bond donors (Lipinski definition) is 7. The van der Waals surface area contributed by atoms with Gasteiger partial charge in [-0.05, 0) is 55.3 Å². The van der Waals surface area contributed by atoms with E-state index in [1.807, 2.05) is 9.80 Å². The van der Waals surface area contributed by atoms with Crippen molar-refractivity contribution in [3.05, 3.63) is 53.1 Å². The second kappa shape index (κ2) is 11.8. The van der Waals surface area contributed by atoms with Crippen LogP contribution in [0.1, 0.15) is 23.2 Å². The number of carbonyl (C=O) groups excluding carboxylic acids is 1. The Kier molecular flexibility index (Phi) is 8.19. The zero-order chi connectivity index (χ0) is 28.4. The second-order valence-corrected chi connectivity index (χ2v) is 10.8. The first-order valence-corrected chi connectivity index (χ1v) is 13.5. The number of phenols is 1. The summed E-state index contributed by atoms with van der Waals surface area (Å²) in [4.78, 5) is 30.6. The summed E-state index contributed by atoms with van der Waals surface area (Å²) in [6.07, 6.45) is 1.46. The molecule has 3 aromatic rings. The predicted octanol–water partition coefficient (Wildman–Crippen LogP) is 0.956. The van der Waals surface area contributed by atoms with Crippen molar-refractivity contribution in [2.24, 2.45) is 22.9 Å². The van der Waals surface area contributed by atoms with E-state index >= 15 is 0 Å². The lowest BCUT2D eigenvalue weighted by Gasteiger charge is -2.37. The minimum Gasteiger partial charge on any atom is -0.507 e. The number of hydrogen-bond acceptors (Lipinski definition) is 12. The third-order valence-corrected chi connectivity index (χ3v) is 7.05. The number of amides is 1. The zero-order valence-electron chi connectivity index (χ0n) is 21.9. The molecule has 2 aliphatic rings. The van der Waals surface area contributed by atoms with Crippen LogP contribution >= 0.6 is 11.6 Å². The van der Waals surface area contributed by atoms with Crippen LogP contribution in [-0.2, 0) is 0 Å². The average Bonchev–Trinajstić information content (AvgIpc) is 2.90. The molecule has 0 saturated carbocycles. The average molecular weight is 568 g/mol. The third-order valence-electron chi connectivity index (χ3n) is 6.81. The summed E-state index contributed by atoms with van der Waals surface area (Å²) in [5, 5.41) is 16.3. The molecule has 13 nitrogen and oxygen atoms in total.